The van der Waals surface area contributed by atoms with Gasteiger partial charge in [0.15, 0.2) is 9.84 Å². The highest BCUT2D eigenvalue weighted by Gasteiger charge is 2.27. The molecule has 0 bridgehead atoms. The van der Waals surface area contributed by atoms with Crippen molar-refractivity contribution in [2.45, 2.75) is 11.3 Å². The molecule has 0 aliphatic carbocycles. The minimum atomic E-state index is -3.73. The van der Waals surface area contributed by atoms with Gasteiger partial charge >= 0.3 is 5.69 Å². The van der Waals surface area contributed by atoms with E-state index in [0.29, 0.717) is 0 Å². The first-order chi connectivity index (χ1) is 7.90. The molecule has 0 N–H and O–H groups in total. The lowest BCUT2D eigenvalue weighted by Gasteiger charge is -2.05. The lowest BCUT2D eigenvalue weighted by molar-refractivity contribution is -0.387. The normalized spacial score (nSPS) is 11.4. The largest absolute Gasteiger partial charge is 0.306 e. The molecule has 8 heteroatoms. The van der Waals surface area contributed by atoms with Crippen LogP contribution in [0.1, 0.15) is 6.42 Å². The molecular formula is C9H9Cl2NO4S. The van der Waals surface area contributed by atoms with Gasteiger partial charge in [0.25, 0.3) is 0 Å². The molecule has 0 spiro atoms. The van der Waals surface area contributed by atoms with Crippen molar-refractivity contribution in [3.8, 4) is 0 Å². The minimum absolute atomic E-state index is 0.174. The van der Waals surface area contributed by atoms with Gasteiger partial charge in [-0.3, -0.25) is 10.1 Å². The molecule has 0 aliphatic rings. The van der Waals surface area contributed by atoms with Crippen LogP contribution < -0.4 is 0 Å². The Bertz CT molecular complexity index is 530. The molecule has 94 valence electrons. The number of rotatable bonds is 5. The molecule has 1 aromatic rings. The highest BCUT2D eigenvalue weighted by molar-refractivity contribution is 7.91. The third kappa shape index (κ3) is 3.31. The number of nitrogens with zero attached hydrogens (tertiary/aromatic N) is 1. The van der Waals surface area contributed by atoms with Crippen molar-refractivity contribution in [2.24, 2.45) is 0 Å². The van der Waals surface area contributed by atoms with E-state index in [2.05, 4.69) is 0 Å². The second-order valence-electron chi connectivity index (χ2n) is 3.21. The Hall–Kier alpha value is -0.850. The van der Waals surface area contributed by atoms with E-state index in [-0.39, 0.29) is 28.0 Å². The fourth-order valence-electron chi connectivity index (χ4n) is 1.28. The van der Waals surface area contributed by atoms with Crippen molar-refractivity contribution >= 4 is 38.7 Å². The molecule has 17 heavy (non-hydrogen) atoms. The van der Waals surface area contributed by atoms with Crippen LogP contribution in [-0.4, -0.2) is 25.0 Å². The quantitative estimate of drug-likeness (QED) is 0.475. The molecule has 0 saturated carbocycles. The van der Waals surface area contributed by atoms with E-state index >= 15 is 0 Å². The maximum absolute atomic E-state index is 11.8. The summed E-state index contributed by atoms with van der Waals surface area (Å²) in [7, 11) is -3.73. The van der Waals surface area contributed by atoms with Crippen LogP contribution in [0.5, 0.6) is 0 Å². The van der Waals surface area contributed by atoms with Crippen LogP contribution in [0.15, 0.2) is 23.1 Å². The number of halogens is 2. The maximum atomic E-state index is 11.8. The first kappa shape index (κ1) is 14.2. The predicted octanol–water partition coefficient (Wildman–Crippen LogP) is 2.65. The first-order valence-corrected chi connectivity index (χ1v) is 7.18. The second kappa shape index (κ2) is 5.66. The van der Waals surface area contributed by atoms with E-state index in [1.807, 2.05) is 0 Å². The molecule has 0 aliphatic heterocycles. The second-order valence-corrected chi connectivity index (χ2v) is 6.07. The van der Waals surface area contributed by atoms with Gasteiger partial charge in [-0.2, -0.15) is 0 Å². The van der Waals surface area contributed by atoms with Crippen LogP contribution >= 0.6 is 23.2 Å². The molecule has 0 amide bonds. The van der Waals surface area contributed by atoms with Crippen molar-refractivity contribution in [3.05, 3.63) is 33.3 Å². The lowest BCUT2D eigenvalue weighted by Crippen LogP contribution is -2.10. The molecule has 1 aromatic carbocycles. The van der Waals surface area contributed by atoms with E-state index in [1.165, 1.54) is 18.2 Å². The zero-order valence-electron chi connectivity index (χ0n) is 8.60. The molecule has 5 nitrogen and oxygen atoms in total. The van der Waals surface area contributed by atoms with Gasteiger partial charge in [0, 0.05) is 5.88 Å². The van der Waals surface area contributed by atoms with Crippen LogP contribution in [-0.2, 0) is 9.84 Å². The molecule has 0 radical (unpaired) electrons. The highest BCUT2D eigenvalue weighted by atomic mass is 35.5. The van der Waals surface area contributed by atoms with Gasteiger partial charge in [0.1, 0.15) is 9.92 Å². The number of sulfone groups is 1. The molecule has 0 atom stereocenters. The summed E-state index contributed by atoms with van der Waals surface area (Å²) < 4.78 is 23.7. The van der Waals surface area contributed by atoms with Crippen molar-refractivity contribution in [1.82, 2.24) is 0 Å². The number of benzene rings is 1. The van der Waals surface area contributed by atoms with E-state index in [4.69, 9.17) is 23.2 Å². The van der Waals surface area contributed by atoms with Gasteiger partial charge in [-0.15, -0.1) is 11.6 Å². The number of hydrogen-bond donors (Lipinski definition) is 0. The monoisotopic (exact) mass is 297 g/mol. The number of nitro groups is 1. The predicted molar refractivity (Wildman–Crippen MR) is 65.5 cm³/mol. The third-order valence-electron chi connectivity index (χ3n) is 2.01. The molecule has 0 fully saturated rings. The fraction of sp³-hybridized carbons (Fsp3) is 0.333. The highest BCUT2D eigenvalue weighted by Crippen LogP contribution is 2.32. The minimum Gasteiger partial charge on any atom is -0.258 e. The summed E-state index contributed by atoms with van der Waals surface area (Å²) in [5.74, 6) is -0.0642. The van der Waals surface area contributed by atoms with Crippen molar-refractivity contribution in [2.75, 3.05) is 11.6 Å². The van der Waals surface area contributed by atoms with Crippen LogP contribution in [0.4, 0.5) is 5.69 Å². The summed E-state index contributed by atoms with van der Waals surface area (Å²) >= 11 is 11.0. The summed E-state index contributed by atoms with van der Waals surface area (Å²) in [4.78, 5) is 9.64. The fourth-order valence-corrected chi connectivity index (χ4v) is 3.38. The Balaban J connectivity index is 3.31. The van der Waals surface area contributed by atoms with E-state index in [0.717, 1.165) is 0 Å². The number of para-hydroxylation sites is 1. The lowest BCUT2D eigenvalue weighted by atomic mass is 10.3. The molecule has 0 aromatic heterocycles. The van der Waals surface area contributed by atoms with E-state index < -0.39 is 20.4 Å². The van der Waals surface area contributed by atoms with Gasteiger partial charge in [-0.1, -0.05) is 17.7 Å². The summed E-state index contributed by atoms with van der Waals surface area (Å²) in [6.45, 7) is 0. The molecule has 0 heterocycles. The Morgan fingerprint density at radius 1 is 1.35 bits per heavy atom. The Labute approximate surface area is 108 Å². The molecule has 0 saturated heterocycles. The van der Waals surface area contributed by atoms with Crippen molar-refractivity contribution in [3.63, 3.8) is 0 Å². The van der Waals surface area contributed by atoms with Crippen LogP contribution in [0.3, 0.4) is 0 Å². The van der Waals surface area contributed by atoms with Gasteiger partial charge < -0.3 is 0 Å². The van der Waals surface area contributed by atoms with Crippen LogP contribution in [0.25, 0.3) is 0 Å². The smallest absolute Gasteiger partial charge is 0.258 e. The Kier molecular flexibility index (Phi) is 4.73. The van der Waals surface area contributed by atoms with Crippen molar-refractivity contribution < 1.29 is 13.3 Å². The van der Waals surface area contributed by atoms with Crippen LogP contribution in [0.2, 0.25) is 5.02 Å². The third-order valence-corrected chi connectivity index (χ3v) is 4.41. The summed E-state index contributed by atoms with van der Waals surface area (Å²) in [6.07, 6.45) is 0.230. The first-order valence-electron chi connectivity index (χ1n) is 4.62. The zero-order valence-corrected chi connectivity index (χ0v) is 10.9. The van der Waals surface area contributed by atoms with E-state index in [9.17, 15) is 18.5 Å². The van der Waals surface area contributed by atoms with Crippen molar-refractivity contribution in [1.29, 1.82) is 0 Å². The van der Waals surface area contributed by atoms with Crippen LogP contribution in [0, 0.1) is 10.1 Å². The summed E-state index contributed by atoms with van der Waals surface area (Å²) in [6, 6.07) is 3.82. The average Bonchev–Trinajstić information content (AvgIpc) is 2.25. The molecule has 1 rings (SSSR count). The number of alkyl halides is 1. The van der Waals surface area contributed by atoms with Gasteiger partial charge in [0.2, 0.25) is 0 Å². The summed E-state index contributed by atoms with van der Waals surface area (Å²) in [5.41, 5.74) is -0.580. The average molecular weight is 298 g/mol. The Morgan fingerprint density at radius 2 is 2.00 bits per heavy atom. The van der Waals surface area contributed by atoms with E-state index in [1.54, 1.807) is 0 Å². The molecule has 0 unspecified atom stereocenters. The topological polar surface area (TPSA) is 77.3 Å². The Morgan fingerprint density at radius 3 is 2.53 bits per heavy atom. The number of hydrogen-bond acceptors (Lipinski definition) is 4. The summed E-state index contributed by atoms with van der Waals surface area (Å²) in [5, 5.41) is 10.6. The van der Waals surface area contributed by atoms with Gasteiger partial charge in [-0.05, 0) is 18.6 Å². The SMILES string of the molecule is O=[N+]([O-])c1c(Cl)cccc1S(=O)(=O)CCCCl. The zero-order chi connectivity index (χ0) is 13.1. The number of nitro benzene ring substituents is 1. The van der Waals surface area contributed by atoms with Gasteiger partial charge in [-0.25, -0.2) is 8.42 Å². The maximum Gasteiger partial charge on any atom is 0.306 e. The van der Waals surface area contributed by atoms with Gasteiger partial charge in [0.05, 0.1) is 10.7 Å². The molecular weight excluding hydrogens is 289 g/mol. The standard InChI is InChI=1S/C9H9Cl2NO4S/c10-5-2-6-17(15,16)8-4-1-3-7(11)9(8)12(13)14/h1,3-4H,2,5-6H2.